The van der Waals surface area contributed by atoms with Gasteiger partial charge in [-0.3, -0.25) is 9.59 Å². The molecule has 0 bridgehead atoms. The molecule has 4 amide bonds. The molecule has 3 N–H and O–H groups in total. The molecule has 0 saturated carbocycles. The zero-order valence-electron chi connectivity index (χ0n) is 22.7. The lowest BCUT2D eigenvalue weighted by Gasteiger charge is -2.34. The lowest BCUT2D eigenvalue weighted by atomic mass is 10.0. The summed E-state index contributed by atoms with van der Waals surface area (Å²) in [5.74, 6) is -0.518. The maximum atomic E-state index is 14.1. The van der Waals surface area contributed by atoms with Gasteiger partial charge in [-0.1, -0.05) is 36.4 Å². The van der Waals surface area contributed by atoms with E-state index in [1.54, 1.807) is 26.1 Å². The molecule has 3 atom stereocenters. The van der Waals surface area contributed by atoms with Gasteiger partial charge in [0.2, 0.25) is 11.8 Å². The van der Waals surface area contributed by atoms with Crippen LogP contribution in [0.15, 0.2) is 48.5 Å². The molecular weight excluding hydrogens is 499 g/mol. The first-order valence-corrected chi connectivity index (χ1v) is 13.5. The summed E-state index contributed by atoms with van der Waals surface area (Å²) in [5, 5.41) is 5.68. The van der Waals surface area contributed by atoms with E-state index in [1.807, 2.05) is 42.2 Å². The van der Waals surface area contributed by atoms with Crippen LogP contribution in [0.25, 0.3) is 11.0 Å². The summed E-state index contributed by atoms with van der Waals surface area (Å²) < 4.78 is 14.1. The Morgan fingerprint density at radius 2 is 1.90 bits per heavy atom. The number of hydrogen-bond acceptors (Lipinski definition) is 4. The average molecular weight is 537 g/mol. The lowest BCUT2D eigenvalue weighted by molar-refractivity contribution is -0.134. The van der Waals surface area contributed by atoms with Crippen molar-refractivity contribution in [2.24, 2.45) is 0 Å². The van der Waals surface area contributed by atoms with Crippen molar-refractivity contribution in [3.05, 3.63) is 65.7 Å². The standard InChI is InChI=1S/C29H37FN6O3/c1-19-10-7-8-17-36(19)25(37)16-15-24(33-29(39)35(3)18-21-11-5-4-6-12-21)28(38)31-20(2)27-32-23-14-9-13-22(30)26(23)34-27/h4-6,9,11-14,19-20,24H,7-8,10,15-18H2,1-3H3,(H,31,38)(H,32,34)(H,33,39)/t19-,20-,24-/m0/s1. The van der Waals surface area contributed by atoms with Crippen molar-refractivity contribution in [1.82, 2.24) is 30.4 Å². The van der Waals surface area contributed by atoms with Crippen molar-refractivity contribution in [1.29, 1.82) is 0 Å². The number of rotatable bonds is 9. The van der Waals surface area contributed by atoms with Crippen molar-refractivity contribution in [2.75, 3.05) is 13.6 Å². The van der Waals surface area contributed by atoms with Gasteiger partial charge in [-0.05, 0) is 57.2 Å². The molecule has 0 unspecified atom stereocenters. The van der Waals surface area contributed by atoms with E-state index in [2.05, 4.69) is 20.6 Å². The Kier molecular flexibility index (Phi) is 9.16. The predicted molar refractivity (Wildman–Crippen MR) is 147 cm³/mol. The number of hydrogen-bond donors (Lipinski definition) is 3. The van der Waals surface area contributed by atoms with Crippen LogP contribution in [0.4, 0.5) is 9.18 Å². The Labute approximate surface area is 228 Å². The molecule has 0 radical (unpaired) electrons. The van der Waals surface area contributed by atoms with Gasteiger partial charge in [0, 0.05) is 32.6 Å². The normalized spacial score (nSPS) is 16.9. The summed E-state index contributed by atoms with van der Waals surface area (Å²) in [4.78, 5) is 50.1. The summed E-state index contributed by atoms with van der Waals surface area (Å²) in [6, 6.07) is 12.4. The smallest absolute Gasteiger partial charge is 0.318 e. The lowest BCUT2D eigenvalue weighted by Crippen LogP contribution is -2.51. The first-order valence-electron chi connectivity index (χ1n) is 13.5. The minimum atomic E-state index is -0.941. The second-order valence-electron chi connectivity index (χ2n) is 10.3. The van der Waals surface area contributed by atoms with Crippen molar-refractivity contribution in [3.8, 4) is 0 Å². The number of likely N-dealkylation sites (tertiary alicyclic amines) is 1. The zero-order valence-corrected chi connectivity index (χ0v) is 22.7. The Morgan fingerprint density at radius 3 is 2.62 bits per heavy atom. The highest BCUT2D eigenvalue weighted by molar-refractivity contribution is 5.88. The molecule has 3 aromatic rings. The number of halogens is 1. The van der Waals surface area contributed by atoms with Gasteiger partial charge >= 0.3 is 6.03 Å². The Balaban J connectivity index is 1.44. The number of urea groups is 1. The zero-order chi connectivity index (χ0) is 27.9. The van der Waals surface area contributed by atoms with Crippen LogP contribution in [-0.2, 0) is 16.1 Å². The van der Waals surface area contributed by atoms with Gasteiger partial charge in [0.25, 0.3) is 0 Å². The van der Waals surface area contributed by atoms with E-state index < -0.39 is 29.8 Å². The van der Waals surface area contributed by atoms with Gasteiger partial charge in [-0.2, -0.15) is 0 Å². The van der Waals surface area contributed by atoms with Gasteiger partial charge in [0.15, 0.2) is 5.82 Å². The van der Waals surface area contributed by atoms with Gasteiger partial charge in [-0.25, -0.2) is 14.2 Å². The summed E-state index contributed by atoms with van der Waals surface area (Å²) in [7, 11) is 1.66. The van der Waals surface area contributed by atoms with Crippen LogP contribution < -0.4 is 10.6 Å². The van der Waals surface area contributed by atoms with Crippen LogP contribution in [0.2, 0.25) is 0 Å². The topological polar surface area (TPSA) is 110 Å². The van der Waals surface area contributed by atoms with Crippen molar-refractivity contribution in [3.63, 3.8) is 0 Å². The largest absolute Gasteiger partial charge is 0.345 e. The summed E-state index contributed by atoms with van der Waals surface area (Å²) >= 11 is 0. The third-order valence-corrected chi connectivity index (χ3v) is 7.24. The SMILES string of the molecule is C[C@H](NC(=O)[C@H](CCC(=O)N1CCCC[C@@H]1C)NC(=O)N(C)Cc1ccccc1)c1nc2c(F)cccc2[nH]1. The number of para-hydroxylation sites is 1. The molecule has 2 heterocycles. The molecule has 1 fully saturated rings. The van der Waals surface area contributed by atoms with E-state index >= 15 is 0 Å². The summed E-state index contributed by atoms with van der Waals surface area (Å²) in [5.41, 5.74) is 1.68. The number of carbonyl (C=O) groups is 3. The molecule has 208 valence electrons. The number of fused-ring (bicyclic) bond motifs is 1. The Bertz CT molecular complexity index is 1300. The molecule has 4 rings (SSSR count). The second kappa shape index (κ2) is 12.7. The van der Waals surface area contributed by atoms with Crippen LogP contribution in [0, 0.1) is 5.82 Å². The molecule has 1 saturated heterocycles. The molecule has 0 aliphatic carbocycles. The summed E-state index contributed by atoms with van der Waals surface area (Å²) in [6.45, 7) is 4.85. The molecule has 1 aromatic heterocycles. The number of piperidine rings is 1. The Hall–Kier alpha value is -3.95. The number of imidazole rings is 1. The van der Waals surface area contributed by atoms with E-state index in [0.29, 0.717) is 24.4 Å². The van der Waals surface area contributed by atoms with Crippen molar-refractivity contribution >= 4 is 28.9 Å². The summed E-state index contributed by atoms with van der Waals surface area (Å²) in [6.07, 6.45) is 3.32. The van der Waals surface area contributed by atoms with Gasteiger partial charge in [0.05, 0.1) is 11.6 Å². The predicted octanol–water partition coefficient (Wildman–Crippen LogP) is 4.27. The van der Waals surface area contributed by atoms with Gasteiger partial charge < -0.3 is 25.4 Å². The minimum absolute atomic E-state index is 0.0207. The quantitative estimate of drug-likeness (QED) is 0.379. The highest BCUT2D eigenvalue weighted by atomic mass is 19.1. The fourth-order valence-corrected chi connectivity index (χ4v) is 4.94. The maximum absolute atomic E-state index is 14.1. The van der Waals surface area contributed by atoms with E-state index in [4.69, 9.17) is 0 Å². The third-order valence-electron chi connectivity index (χ3n) is 7.24. The molecule has 9 nitrogen and oxygen atoms in total. The first kappa shape index (κ1) is 28.1. The molecule has 1 aliphatic rings. The fraction of sp³-hybridized carbons (Fsp3) is 0.448. The Morgan fingerprint density at radius 1 is 1.13 bits per heavy atom. The van der Waals surface area contributed by atoms with E-state index in [9.17, 15) is 18.8 Å². The van der Waals surface area contributed by atoms with Crippen LogP contribution in [0.1, 0.15) is 63.4 Å². The molecule has 1 aliphatic heterocycles. The maximum Gasteiger partial charge on any atom is 0.318 e. The molecular formula is C29H37FN6O3. The number of carbonyl (C=O) groups excluding carboxylic acids is 3. The van der Waals surface area contributed by atoms with E-state index in [-0.39, 0.29) is 30.3 Å². The number of benzene rings is 2. The van der Waals surface area contributed by atoms with E-state index in [1.165, 1.54) is 11.0 Å². The van der Waals surface area contributed by atoms with Crippen LogP contribution >= 0.6 is 0 Å². The van der Waals surface area contributed by atoms with Crippen LogP contribution in [0.3, 0.4) is 0 Å². The van der Waals surface area contributed by atoms with Gasteiger partial charge in [0.1, 0.15) is 17.4 Å². The van der Waals surface area contributed by atoms with Crippen LogP contribution in [-0.4, -0.2) is 63.3 Å². The van der Waals surface area contributed by atoms with Crippen molar-refractivity contribution < 1.29 is 18.8 Å². The number of nitrogens with one attached hydrogen (secondary N) is 3. The average Bonchev–Trinajstić information content (AvgIpc) is 3.37. The van der Waals surface area contributed by atoms with E-state index in [0.717, 1.165) is 24.8 Å². The van der Waals surface area contributed by atoms with Gasteiger partial charge in [-0.15, -0.1) is 0 Å². The number of aromatic nitrogens is 2. The molecule has 10 heteroatoms. The molecule has 2 aromatic carbocycles. The highest BCUT2D eigenvalue weighted by Gasteiger charge is 2.28. The first-order chi connectivity index (χ1) is 18.7. The number of H-pyrrole nitrogens is 1. The number of amides is 4. The third kappa shape index (κ3) is 7.13. The fourth-order valence-electron chi connectivity index (χ4n) is 4.94. The number of aromatic amines is 1. The second-order valence-corrected chi connectivity index (χ2v) is 10.3. The highest BCUT2D eigenvalue weighted by Crippen LogP contribution is 2.20. The number of nitrogens with zero attached hydrogens (tertiary/aromatic N) is 3. The minimum Gasteiger partial charge on any atom is -0.345 e. The van der Waals surface area contributed by atoms with Crippen LogP contribution in [0.5, 0.6) is 0 Å². The monoisotopic (exact) mass is 536 g/mol. The molecule has 39 heavy (non-hydrogen) atoms. The molecule has 0 spiro atoms. The van der Waals surface area contributed by atoms with Crippen molar-refractivity contribution in [2.45, 2.75) is 70.6 Å².